The SMILES string of the molecule is O=C1CN(c2ccc(NC(=O)c3ccccc3SCC3CCCO3)cn2)CCN1. The smallest absolute Gasteiger partial charge is 0.256 e. The topological polar surface area (TPSA) is 83.6 Å². The Balaban J connectivity index is 1.39. The number of amides is 2. The Labute approximate surface area is 174 Å². The van der Waals surface area contributed by atoms with Gasteiger partial charge in [0.2, 0.25) is 5.91 Å². The predicted molar refractivity (Wildman–Crippen MR) is 114 cm³/mol. The number of nitrogens with one attached hydrogen (secondary N) is 2. The van der Waals surface area contributed by atoms with Gasteiger partial charge in [-0.15, -0.1) is 11.8 Å². The van der Waals surface area contributed by atoms with E-state index in [0.717, 1.165) is 42.5 Å². The number of carbonyl (C=O) groups is 2. The van der Waals surface area contributed by atoms with Gasteiger partial charge in [-0.3, -0.25) is 9.59 Å². The molecule has 7 nitrogen and oxygen atoms in total. The Morgan fingerprint density at radius 3 is 2.97 bits per heavy atom. The largest absolute Gasteiger partial charge is 0.377 e. The Hall–Kier alpha value is -2.58. The molecule has 2 amide bonds. The lowest BCUT2D eigenvalue weighted by Gasteiger charge is -2.27. The van der Waals surface area contributed by atoms with E-state index >= 15 is 0 Å². The molecule has 2 aromatic rings. The van der Waals surface area contributed by atoms with Crippen LogP contribution in [0.2, 0.25) is 0 Å². The van der Waals surface area contributed by atoms with Crippen LogP contribution in [-0.2, 0) is 9.53 Å². The molecule has 0 radical (unpaired) electrons. The molecule has 4 rings (SSSR count). The molecule has 1 atom stereocenters. The van der Waals surface area contributed by atoms with Crippen LogP contribution in [0.25, 0.3) is 0 Å². The summed E-state index contributed by atoms with van der Waals surface area (Å²) in [5.41, 5.74) is 1.27. The fourth-order valence-corrected chi connectivity index (χ4v) is 4.54. The molecule has 0 saturated carbocycles. The maximum Gasteiger partial charge on any atom is 0.256 e. The second-order valence-electron chi connectivity index (χ2n) is 7.07. The zero-order valence-electron chi connectivity index (χ0n) is 16.1. The van der Waals surface area contributed by atoms with Gasteiger partial charge in [0.25, 0.3) is 5.91 Å². The molecule has 2 N–H and O–H groups in total. The van der Waals surface area contributed by atoms with Gasteiger partial charge in [-0.1, -0.05) is 12.1 Å². The number of ether oxygens (including phenoxy) is 1. The number of carbonyl (C=O) groups excluding carboxylic acids is 2. The van der Waals surface area contributed by atoms with Crippen LogP contribution in [0.15, 0.2) is 47.5 Å². The zero-order valence-corrected chi connectivity index (χ0v) is 16.9. The Bertz CT molecular complexity index is 868. The van der Waals surface area contributed by atoms with Crippen LogP contribution < -0.4 is 15.5 Å². The highest BCUT2D eigenvalue weighted by Gasteiger charge is 2.19. The molecule has 1 aromatic heterocycles. The number of piperazine rings is 1. The van der Waals surface area contributed by atoms with Gasteiger partial charge in [-0.2, -0.15) is 0 Å². The molecular weight excluding hydrogens is 388 g/mol. The van der Waals surface area contributed by atoms with Gasteiger partial charge in [-0.05, 0) is 37.1 Å². The van der Waals surface area contributed by atoms with E-state index in [1.165, 1.54) is 0 Å². The third-order valence-corrected chi connectivity index (χ3v) is 6.15. The van der Waals surface area contributed by atoms with Crippen molar-refractivity contribution in [2.75, 3.05) is 42.2 Å². The van der Waals surface area contributed by atoms with E-state index < -0.39 is 0 Å². The van der Waals surface area contributed by atoms with Crippen molar-refractivity contribution in [3.63, 3.8) is 0 Å². The first-order valence-electron chi connectivity index (χ1n) is 9.81. The number of thioether (sulfide) groups is 1. The highest BCUT2D eigenvalue weighted by molar-refractivity contribution is 7.99. The highest BCUT2D eigenvalue weighted by Crippen LogP contribution is 2.27. The number of hydrogen-bond donors (Lipinski definition) is 2. The normalized spacial score (nSPS) is 19.1. The van der Waals surface area contributed by atoms with Crippen molar-refractivity contribution in [3.05, 3.63) is 48.2 Å². The summed E-state index contributed by atoms with van der Waals surface area (Å²) in [5.74, 6) is 1.41. The molecule has 2 saturated heterocycles. The Morgan fingerprint density at radius 1 is 1.31 bits per heavy atom. The van der Waals surface area contributed by atoms with Gasteiger partial charge in [0.1, 0.15) is 5.82 Å². The van der Waals surface area contributed by atoms with Crippen LogP contribution >= 0.6 is 11.8 Å². The molecule has 2 aliphatic heterocycles. The van der Waals surface area contributed by atoms with Gasteiger partial charge >= 0.3 is 0 Å². The fourth-order valence-electron chi connectivity index (χ4n) is 3.42. The number of rotatable bonds is 6. The van der Waals surface area contributed by atoms with Crippen LogP contribution in [0, 0.1) is 0 Å². The lowest BCUT2D eigenvalue weighted by atomic mass is 10.2. The first-order valence-corrected chi connectivity index (χ1v) is 10.8. The van der Waals surface area contributed by atoms with Crippen LogP contribution in [0.5, 0.6) is 0 Å². The molecule has 2 fully saturated rings. The summed E-state index contributed by atoms with van der Waals surface area (Å²) in [6, 6.07) is 11.3. The highest BCUT2D eigenvalue weighted by atomic mass is 32.2. The summed E-state index contributed by atoms with van der Waals surface area (Å²) < 4.78 is 5.68. The molecule has 0 aliphatic carbocycles. The average Bonchev–Trinajstić information content (AvgIpc) is 3.27. The maximum atomic E-state index is 12.8. The molecule has 3 heterocycles. The Kier molecular flexibility index (Phi) is 6.31. The standard InChI is InChI=1S/C21H24N4O3S/c26-20-13-25(10-9-22-20)19-8-7-15(12-23-19)24-21(27)17-5-1-2-6-18(17)29-14-16-4-3-11-28-16/h1-2,5-8,12,16H,3-4,9-11,13-14H2,(H,22,26)(H,24,27). The molecule has 152 valence electrons. The average molecular weight is 413 g/mol. The molecule has 8 heteroatoms. The van der Waals surface area contributed by atoms with Crippen LogP contribution in [0.3, 0.4) is 0 Å². The van der Waals surface area contributed by atoms with E-state index in [1.54, 1.807) is 18.0 Å². The first kappa shape index (κ1) is 19.7. The van der Waals surface area contributed by atoms with E-state index in [1.807, 2.05) is 41.3 Å². The number of benzene rings is 1. The van der Waals surface area contributed by atoms with Gasteiger partial charge in [-0.25, -0.2) is 4.98 Å². The molecule has 1 aromatic carbocycles. The minimum absolute atomic E-state index is 0.00691. The van der Waals surface area contributed by atoms with Crippen LogP contribution in [0.1, 0.15) is 23.2 Å². The van der Waals surface area contributed by atoms with Gasteiger partial charge in [0.15, 0.2) is 0 Å². The van der Waals surface area contributed by atoms with Gasteiger partial charge in [0.05, 0.1) is 30.1 Å². The number of anilines is 2. The third-order valence-electron chi connectivity index (χ3n) is 4.95. The lowest BCUT2D eigenvalue weighted by molar-refractivity contribution is -0.120. The van der Waals surface area contributed by atoms with Crippen molar-refractivity contribution in [2.24, 2.45) is 0 Å². The number of pyridine rings is 1. The summed E-state index contributed by atoms with van der Waals surface area (Å²) in [6.07, 6.45) is 4.09. The summed E-state index contributed by atoms with van der Waals surface area (Å²) in [4.78, 5) is 31.6. The zero-order chi connectivity index (χ0) is 20.1. The molecule has 2 aliphatic rings. The van der Waals surface area contributed by atoms with Crippen molar-refractivity contribution in [2.45, 2.75) is 23.8 Å². The molecule has 29 heavy (non-hydrogen) atoms. The summed E-state index contributed by atoms with van der Waals surface area (Å²) in [7, 11) is 0. The second-order valence-corrected chi connectivity index (χ2v) is 8.13. The summed E-state index contributed by atoms with van der Waals surface area (Å²) in [6.45, 7) is 2.46. The second kappa shape index (κ2) is 9.28. The van der Waals surface area contributed by atoms with E-state index in [0.29, 0.717) is 24.3 Å². The predicted octanol–water partition coefficient (Wildman–Crippen LogP) is 2.54. The molecule has 0 spiro atoms. The molecule has 1 unspecified atom stereocenters. The maximum absolute atomic E-state index is 12.8. The quantitative estimate of drug-likeness (QED) is 0.710. The number of hydrogen-bond acceptors (Lipinski definition) is 6. The van der Waals surface area contributed by atoms with Crippen molar-refractivity contribution in [1.82, 2.24) is 10.3 Å². The summed E-state index contributed by atoms with van der Waals surface area (Å²) >= 11 is 1.66. The minimum Gasteiger partial charge on any atom is -0.377 e. The van der Waals surface area contributed by atoms with Crippen molar-refractivity contribution < 1.29 is 14.3 Å². The molecule has 0 bridgehead atoms. The lowest BCUT2D eigenvalue weighted by Crippen LogP contribution is -2.48. The molecular formula is C21H24N4O3S. The van der Waals surface area contributed by atoms with E-state index in [9.17, 15) is 9.59 Å². The van der Waals surface area contributed by atoms with Crippen molar-refractivity contribution in [3.8, 4) is 0 Å². The van der Waals surface area contributed by atoms with E-state index in [-0.39, 0.29) is 17.9 Å². The Morgan fingerprint density at radius 2 is 2.21 bits per heavy atom. The minimum atomic E-state index is -0.160. The van der Waals surface area contributed by atoms with Crippen LogP contribution in [0.4, 0.5) is 11.5 Å². The number of nitrogens with zero attached hydrogens (tertiary/aromatic N) is 2. The van der Waals surface area contributed by atoms with Crippen LogP contribution in [-0.4, -0.2) is 54.9 Å². The van der Waals surface area contributed by atoms with Gasteiger partial charge in [0, 0.05) is 30.3 Å². The first-order chi connectivity index (χ1) is 14.2. The monoisotopic (exact) mass is 412 g/mol. The van der Waals surface area contributed by atoms with E-state index in [2.05, 4.69) is 15.6 Å². The van der Waals surface area contributed by atoms with Crippen molar-refractivity contribution in [1.29, 1.82) is 0 Å². The van der Waals surface area contributed by atoms with Crippen molar-refractivity contribution >= 4 is 35.1 Å². The summed E-state index contributed by atoms with van der Waals surface area (Å²) in [5, 5.41) is 5.72. The van der Waals surface area contributed by atoms with Gasteiger partial charge < -0.3 is 20.3 Å². The number of aromatic nitrogens is 1. The fraction of sp³-hybridized carbons (Fsp3) is 0.381. The third kappa shape index (κ3) is 5.07. The van der Waals surface area contributed by atoms with E-state index in [4.69, 9.17) is 4.74 Å².